The lowest BCUT2D eigenvalue weighted by Crippen LogP contribution is -2.18. The number of anilines is 2. The Bertz CT molecular complexity index is 555. The predicted octanol–water partition coefficient (Wildman–Crippen LogP) is -0.921. The molecule has 10 heteroatoms. The van der Waals surface area contributed by atoms with Gasteiger partial charge in [0.15, 0.2) is 0 Å². The van der Waals surface area contributed by atoms with Crippen molar-refractivity contribution >= 4 is 17.9 Å². The molecule has 0 amide bonds. The van der Waals surface area contributed by atoms with Gasteiger partial charge in [0.2, 0.25) is 11.9 Å². The van der Waals surface area contributed by atoms with Gasteiger partial charge in [0, 0.05) is 7.05 Å². The first-order valence-electron chi connectivity index (χ1n) is 5.32. The van der Waals surface area contributed by atoms with E-state index in [0.717, 1.165) is 0 Å². The Labute approximate surface area is 108 Å². The van der Waals surface area contributed by atoms with Crippen LogP contribution in [0.2, 0.25) is 0 Å². The van der Waals surface area contributed by atoms with Gasteiger partial charge in [-0.1, -0.05) is 0 Å². The van der Waals surface area contributed by atoms with Crippen molar-refractivity contribution in [1.29, 1.82) is 0 Å². The first-order valence-corrected chi connectivity index (χ1v) is 5.32. The van der Waals surface area contributed by atoms with E-state index in [0.29, 0.717) is 5.95 Å². The first kappa shape index (κ1) is 12.7. The maximum absolute atomic E-state index is 11.1. The largest absolute Gasteiger partial charge is 0.468 e. The summed E-state index contributed by atoms with van der Waals surface area (Å²) in [5.74, 6) is 0.432. The highest BCUT2D eigenvalue weighted by Crippen LogP contribution is 2.07. The average Bonchev–Trinajstić information content (AvgIpc) is 2.98. The molecule has 0 atom stereocenters. The molecule has 0 fully saturated rings. The smallest absolute Gasteiger partial charge is 0.325 e. The van der Waals surface area contributed by atoms with Gasteiger partial charge in [0.1, 0.15) is 19.2 Å². The SMILES string of the molecule is CNc1nc(NCC(=O)OC)nc(-n2cncn2)n1. The zero-order chi connectivity index (χ0) is 13.7. The standard InChI is InChI=1S/C9H12N8O2/c1-10-7-14-8(12-3-6(18)19-2)16-9(15-7)17-5-11-4-13-17/h4-5H,3H2,1-2H3,(H2,10,12,14,15,16). The molecular formula is C9H12N8O2. The number of hydrogen-bond donors (Lipinski definition) is 2. The third-order valence-electron chi connectivity index (χ3n) is 2.09. The molecule has 2 heterocycles. The van der Waals surface area contributed by atoms with Crippen LogP contribution in [-0.2, 0) is 9.53 Å². The highest BCUT2D eigenvalue weighted by molar-refractivity contribution is 5.74. The number of methoxy groups -OCH3 is 1. The second-order valence-electron chi connectivity index (χ2n) is 3.30. The lowest BCUT2D eigenvalue weighted by molar-refractivity contribution is -0.138. The second kappa shape index (κ2) is 5.71. The van der Waals surface area contributed by atoms with Crippen molar-refractivity contribution in [2.24, 2.45) is 0 Å². The molecule has 2 aromatic rings. The van der Waals surface area contributed by atoms with E-state index in [2.05, 4.69) is 40.4 Å². The molecular weight excluding hydrogens is 252 g/mol. The molecule has 0 bridgehead atoms. The van der Waals surface area contributed by atoms with E-state index in [-0.39, 0.29) is 18.4 Å². The fourth-order valence-corrected chi connectivity index (χ4v) is 1.19. The van der Waals surface area contributed by atoms with Gasteiger partial charge in [0.05, 0.1) is 7.11 Å². The number of nitrogens with one attached hydrogen (secondary N) is 2. The van der Waals surface area contributed by atoms with Crippen molar-refractivity contribution < 1.29 is 9.53 Å². The number of rotatable bonds is 5. The van der Waals surface area contributed by atoms with Crippen LogP contribution in [0.15, 0.2) is 12.7 Å². The van der Waals surface area contributed by atoms with Crippen molar-refractivity contribution in [3.8, 4) is 5.95 Å². The summed E-state index contributed by atoms with van der Waals surface area (Å²) in [6.07, 6.45) is 2.82. The van der Waals surface area contributed by atoms with Crippen LogP contribution in [0.25, 0.3) is 5.95 Å². The third-order valence-corrected chi connectivity index (χ3v) is 2.09. The number of carbonyl (C=O) groups is 1. The Morgan fingerprint density at radius 2 is 2.16 bits per heavy atom. The van der Waals surface area contributed by atoms with Gasteiger partial charge < -0.3 is 15.4 Å². The van der Waals surface area contributed by atoms with Gasteiger partial charge in [-0.05, 0) is 0 Å². The molecule has 0 saturated carbocycles. The maximum Gasteiger partial charge on any atom is 0.325 e. The van der Waals surface area contributed by atoms with Crippen LogP contribution >= 0.6 is 0 Å². The van der Waals surface area contributed by atoms with Crippen molar-refractivity contribution in [3.63, 3.8) is 0 Å². The van der Waals surface area contributed by atoms with E-state index in [1.807, 2.05) is 0 Å². The van der Waals surface area contributed by atoms with E-state index >= 15 is 0 Å². The predicted molar refractivity (Wildman–Crippen MR) is 64.8 cm³/mol. The number of nitrogens with zero attached hydrogens (tertiary/aromatic N) is 6. The number of carbonyl (C=O) groups excluding carboxylic acids is 1. The van der Waals surface area contributed by atoms with Crippen LogP contribution in [0.1, 0.15) is 0 Å². The molecule has 10 nitrogen and oxygen atoms in total. The Kier molecular flexibility index (Phi) is 3.81. The van der Waals surface area contributed by atoms with Gasteiger partial charge in [-0.3, -0.25) is 4.79 Å². The fourth-order valence-electron chi connectivity index (χ4n) is 1.19. The van der Waals surface area contributed by atoms with Crippen molar-refractivity contribution in [2.75, 3.05) is 31.3 Å². The van der Waals surface area contributed by atoms with Gasteiger partial charge in [-0.15, -0.1) is 0 Å². The molecule has 2 N–H and O–H groups in total. The van der Waals surface area contributed by atoms with Gasteiger partial charge in [0.25, 0.3) is 5.95 Å². The molecule has 0 saturated heterocycles. The molecule has 0 aliphatic rings. The molecule has 100 valence electrons. The molecule has 0 aliphatic carbocycles. The zero-order valence-electron chi connectivity index (χ0n) is 10.4. The summed E-state index contributed by atoms with van der Waals surface area (Å²) in [7, 11) is 2.97. The van der Waals surface area contributed by atoms with Gasteiger partial charge in [-0.2, -0.15) is 24.7 Å². The summed E-state index contributed by atoms with van der Waals surface area (Å²) in [6.45, 7) is -0.0412. The Morgan fingerprint density at radius 1 is 1.37 bits per heavy atom. The molecule has 0 radical (unpaired) electrons. The molecule has 0 spiro atoms. The molecule has 0 unspecified atom stereocenters. The Morgan fingerprint density at radius 3 is 2.79 bits per heavy atom. The summed E-state index contributed by atoms with van der Waals surface area (Å²) in [5.41, 5.74) is 0. The lowest BCUT2D eigenvalue weighted by Gasteiger charge is -2.07. The van der Waals surface area contributed by atoms with E-state index in [1.165, 1.54) is 24.4 Å². The summed E-state index contributed by atoms with van der Waals surface area (Å²) in [4.78, 5) is 27.1. The fraction of sp³-hybridized carbons (Fsp3) is 0.333. The summed E-state index contributed by atoms with van der Waals surface area (Å²) >= 11 is 0. The van der Waals surface area contributed by atoms with Crippen LogP contribution in [0.4, 0.5) is 11.9 Å². The average molecular weight is 264 g/mol. The van der Waals surface area contributed by atoms with Crippen molar-refractivity contribution in [3.05, 3.63) is 12.7 Å². The number of aromatic nitrogens is 6. The topological polar surface area (TPSA) is 120 Å². The van der Waals surface area contributed by atoms with Crippen LogP contribution in [0.5, 0.6) is 0 Å². The third kappa shape index (κ3) is 3.12. The maximum atomic E-state index is 11.1. The minimum atomic E-state index is -0.422. The quantitative estimate of drug-likeness (QED) is 0.660. The number of ether oxygens (including phenoxy) is 1. The normalized spacial score (nSPS) is 10.0. The summed E-state index contributed by atoms with van der Waals surface area (Å²) < 4.78 is 5.90. The zero-order valence-corrected chi connectivity index (χ0v) is 10.4. The number of hydrogen-bond acceptors (Lipinski definition) is 9. The van der Waals surface area contributed by atoms with Crippen LogP contribution < -0.4 is 10.6 Å². The molecule has 0 aromatic carbocycles. The minimum absolute atomic E-state index is 0.0412. The molecule has 2 aromatic heterocycles. The van der Waals surface area contributed by atoms with Crippen molar-refractivity contribution in [1.82, 2.24) is 29.7 Å². The van der Waals surface area contributed by atoms with Gasteiger partial charge >= 0.3 is 5.97 Å². The minimum Gasteiger partial charge on any atom is -0.468 e. The van der Waals surface area contributed by atoms with E-state index in [4.69, 9.17) is 0 Å². The summed E-state index contributed by atoms with van der Waals surface area (Å²) in [6, 6.07) is 0. The second-order valence-corrected chi connectivity index (χ2v) is 3.30. The Balaban J connectivity index is 2.23. The van der Waals surface area contributed by atoms with Gasteiger partial charge in [-0.25, -0.2) is 4.98 Å². The number of esters is 1. The molecule has 2 rings (SSSR count). The molecule has 19 heavy (non-hydrogen) atoms. The first-order chi connectivity index (χ1) is 9.22. The van der Waals surface area contributed by atoms with E-state index in [9.17, 15) is 4.79 Å². The van der Waals surface area contributed by atoms with Crippen LogP contribution in [0, 0.1) is 0 Å². The molecule has 0 aliphatic heterocycles. The Hall–Kier alpha value is -2.78. The summed E-state index contributed by atoms with van der Waals surface area (Å²) in [5, 5.41) is 9.45. The van der Waals surface area contributed by atoms with E-state index < -0.39 is 5.97 Å². The highest BCUT2D eigenvalue weighted by atomic mass is 16.5. The van der Waals surface area contributed by atoms with Crippen molar-refractivity contribution in [2.45, 2.75) is 0 Å². The highest BCUT2D eigenvalue weighted by Gasteiger charge is 2.09. The van der Waals surface area contributed by atoms with Crippen LogP contribution in [-0.4, -0.2) is 56.4 Å². The lowest BCUT2D eigenvalue weighted by atomic mass is 10.6. The monoisotopic (exact) mass is 264 g/mol. The van der Waals surface area contributed by atoms with E-state index in [1.54, 1.807) is 7.05 Å². The van der Waals surface area contributed by atoms with Crippen LogP contribution in [0.3, 0.4) is 0 Å².